The van der Waals surface area contributed by atoms with Gasteiger partial charge in [-0.25, -0.2) is 0 Å². The molecule has 0 bridgehead atoms. The molecule has 0 spiro atoms. The fourth-order valence-corrected chi connectivity index (χ4v) is 3.10. The molecule has 0 aromatic heterocycles. The Morgan fingerprint density at radius 1 is 1.18 bits per heavy atom. The lowest BCUT2D eigenvalue weighted by molar-refractivity contribution is 0.382. The lowest BCUT2D eigenvalue weighted by Gasteiger charge is -2.23. The Balaban J connectivity index is 2.11. The van der Waals surface area contributed by atoms with Crippen molar-refractivity contribution in [2.45, 2.75) is 44.6 Å². The maximum atomic E-state index is 6.38. The van der Waals surface area contributed by atoms with E-state index in [2.05, 4.69) is 22.0 Å². The first-order chi connectivity index (χ1) is 8.18. The SMILES string of the molecule is NC(c1ccc(Br)c(Cl)c1)C1CCCCCC1. The minimum atomic E-state index is 0.138. The quantitative estimate of drug-likeness (QED) is 0.757. The predicted molar refractivity (Wildman–Crippen MR) is 77.3 cm³/mol. The maximum Gasteiger partial charge on any atom is 0.0551 e. The molecule has 0 saturated heterocycles. The molecule has 1 aromatic carbocycles. The van der Waals surface area contributed by atoms with Gasteiger partial charge in [0.1, 0.15) is 0 Å². The number of rotatable bonds is 2. The molecule has 0 amide bonds. The summed E-state index contributed by atoms with van der Waals surface area (Å²) in [5, 5.41) is 0.756. The second-order valence-electron chi connectivity index (χ2n) is 4.95. The molecule has 94 valence electrons. The van der Waals surface area contributed by atoms with E-state index in [1.54, 1.807) is 0 Å². The zero-order chi connectivity index (χ0) is 12.3. The second kappa shape index (κ2) is 6.21. The molecular weight excluding hydrogens is 298 g/mol. The van der Waals surface area contributed by atoms with E-state index in [1.165, 1.54) is 44.1 Å². The molecule has 1 aliphatic carbocycles. The molecule has 2 N–H and O–H groups in total. The van der Waals surface area contributed by atoms with Crippen LogP contribution in [0, 0.1) is 5.92 Å². The van der Waals surface area contributed by atoms with Crippen LogP contribution in [0.15, 0.2) is 22.7 Å². The first kappa shape index (κ1) is 13.4. The van der Waals surface area contributed by atoms with E-state index in [4.69, 9.17) is 17.3 Å². The monoisotopic (exact) mass is 315 g/mol. The Morgan fingerprint density at radius 2 is 1.82 bits per heavy atom. The Labute approximate surface area is 117 Å². The molecule has 0 radical (unpaired) electrons. The van der Waals surface area contributed by atoms with Crippen molar-refractivity contribution < 1.29 is 0 Å². The van der Waals surface area contributed by atoms with Gasteiger partial charge >= 0.3 is 0 Å². The summed E-state index contributed by atoms with van der Waals surface area (Å²) in [6, 6.07) is 6.22. The molecule has 0 heterocycles. The van der Waals surface area contributed by atoms with Crippen LogP contribution in [0.25, 0.3) is 0 Å². The highest BCUT2D eigenvalue weighted by Gasteiger charge is 2.21. The number of hydrogen-bond acceptors (Lipinski definition) is 1. The molecular formula is C14H19BrClN. The van der Waals surface area contributed by atoms with Gasteiger partial charge in [0, 0.05) is 10.5 Å². The van der Waals surface area contributed by atoms with Gasteiger partial charge in [-0.15, -0.1) is 0 Å². The molecule has 17 heavy (non-hydrogen) atoms. The van der Waals surface area contributed by atoms with Crippen molar-refractivity contribution in [3.05, 3.63) is 33.3 Å². The van der Waals surface area contributed by atoms with Crippen LogP contribution in [0.2, 0.25) is 5.02 Å². The van der Waals surface area contributed by atoms with E-state index >= 15 is 0 Å². The van der Waals surface area contributed by atoms with Gasteiger partial charge in [0.05, 0.1) is 5.02 Å². The fraction of sp³-hybridized carbons (Fsp3) is 0.571. The van der Waals surface area contributed by atoms with Crippen LogP contribution in [0.1, 0.15) is 50.1 Å². The molecule has 3 heteroatoms. The largest absolute Gasteiger partial charge is 0.324 e. The van der Waals surface area contributed by atoms with Crippen molar-refractivity contribution in [3.8, 4) is 0 Å². The minimum Gasteiger partial charge on any atom is -0.324 e. The summed E-state index contributed by atoms with van der Waals surface area (Å²) >= 11 is 9.54. The first-order valence-corrected chi connectivity index (χ1v) is 7.56. The van der Waals surface area contributed by atoms with Crippen LogP contribution in [-0.4, -0.2) is 0 Å². The van der Waals surface area contributed by atoms with Crippen molar-refractivity contribution >= 4 is 27.5 Å². The standard InChI is InChI=1S/C14H19BrClN/c15-12-8-7-11(9-13(12)16)14(17)10-5-3-1-2-4-6-10/h7-10,14H,1-6,17H2. The summed E-state index contributed by atoms with van der Waals surface area (Å²) in [6.45, 7) is 0. The summed E-state index contributed by atoms with van der Waals surface area (Å²) in [6.07, 6.45) is 7.89. The van der Waals surface area contributed by atoms with Crippen molar-refractivity contribution in [3.63, 3.8) is 0 Å². The van der Waals surface area contributed by atoms with Gasteiger partial charge in [-0.05, 0) is 52.4 Å². The average Bonchev–Trinajstić information content (AvgIpc) is 2.60. The Hall–Kier alpha value is -0.0500. The van der Waals surface area contributed by atoms with Crippen molar-refractivity contribution in [1.82, 2.24) is 0 Å². The normalized spacial score (nSPS) is 19.9. The van der Waals surface area contributed by atoms with Crippen LogP contribution in [-0.2, 0) is 0 Å². The molecule has 1 unspecified atom stereocenters. The lowest BCUT2D eigenvalue weighted by Crippen LogP contribution is -2.21. The van der Waals surface area contributed by atoms with Crippen LogP contribution >= 0.6 is 27.5 Å². The highest BCUT2D eigenvalue weighted by molar-refractivity contribution is 9.10. The second-order valence-corrected chi connectivity index (χ2v) is 6.21. The molecule has 1 fully saturated rings. The van der Waals surface area contributed by atoms with Crippen molar-refractivity contribution in [2.75, 3.05) is 0 Å². The smallest absolute Gasteiger partial charge is 0.0551 e. The topological polar surface area (TPSA) is 26.0 Å². The van der Waals surface area contributed by atoms with E-state index in [9.17, 15) is 0 Å². The van der Waals surface area contributed by atoms with Crippen molar-refractivity contribution in [1.29, 1.82) is 0 Å². The first-order valence-electron chi connectivity index (χ1n) is 6.39. The fourth-order valence-electron chi connectivity index (χ4n) is 2.66. The van der Waals surface area contributed by atoms with E-state index < -0.39 is 0 Å². The molecule has 1 atom stereocenters. The Morgan fingerprint density at radius 3 is 2.41 bits per heavy atom. The van der Waals surface area contributed by atoms with Crippen LogP contribution in [0.4, 0.5) is 0 Å². The van der Waals surface area contributed by atoms with Gasteiger partial charge in [-0.2, -0.15) is 0 Å². The third kappa shape index (κ3) is 3.46. The number of hydrogen-bond donors (Lipinski definition) is 1. The van der Waals surface area contributed by atoms with Gasteiger partial charge in [0.15, 0.2) is 0 Å². The minimum absolute atomic E-state index is 0.138. The Kier molecular flexibility index (Phi) is 4.89. The zero-order valence-corrected chi connectivity index (χ0v) is 12.3. The van der Waals surface area contributed by atoms with Gasteiger partial charge < -0.3 is 5.73 Å². The maximum absolute atomic E-state index is 6.38. The molecule has 2 rings (SSSR count). The lowest BCUT2D eigenvalue weighted by atomic mass is 9.88. The van der Waals surface area contributed by atoms with Gasteiger partial charge in [-0.1, -0.05) is 43.4 Å². The summed E-state index contributed by atoms with van der Waals surface area (Å²) < 4.78 is 0.941. The number of halogens is 2. The van der Waals surface area contributed by atoms with Crippen LogP contribution in [0.5, 0.6) is 0 Å². The Bertz CT molecular complexity index is 372. The van der Waals surface area contributed by atoms with E-state index in [0.717, 1.165) is 9.50 Å². The van der Waals surface area contributed by atoms with Gasteiger partial charge in [-0.3, -0.25) is 0 Å². The van der Waals surface area contributed by atoms with Crippen LogP contribution < -0.4 is 5.73 Å². The number of benzene rings is 1. The molecule has 0 aliphatic heterocycles. The van der Waals surface area contributed by atoms with E-state index in [1.807, 2.05) is 12.1 Å². The summed E-state index contributed by atoms with van der Waals surface area (Å²) in [5.41, 5.74) is 7.56. The van der Waals surface area contributed by atoms with Gasteiger partial charge in [0.25, 0.3) is 0 Å². The summed E-state index contributed by atoms with van der Waals surface area (Å²) in [7, 11) is 0. The molecule has 1 aliphatic rings. The molecule has 1 saturated carbocycles. The van der Waals surface area contributed by atoms with Crippen molar-refractivity contribution in [2.24, 2.45) is 11.7 Å². The summed E-state index contributed by atoms with van der Waals surface area (Å²) in [5.74, 6) is 0.620. The summed E-state index contributed by atoms with van der Waals surface area (Å²) in [4.78, 5) is 0. The molecule has 1 nitrogen and oxygen atoms in total. The average molecular weight is 317 g/mol. The van der Waals surface area contributed by atoms with Crippen LogP contribution in [0.3, 0.4) is 0 Å². The predicted octanol–water partition coefficient (Wildman–Crippen LogP) is 5.07. The number of nitrogens with two attached hydrogens (primary N) is 1. The van der Waals surface area contributed by atoms with E-state index in [-0.39, 0.29) is 6.04 Å². The highest BCUT2D eigenvalue weighted by atomic mass is 79.9. The molecule has 1 aromatic rings. The third-order valence-corrected chi connectivity index (χ3v) is 4.97. The third-order valence-electron chi connectivity index (χ3n) is 3.74. The van der Waals surface area contributed by atoms with E-state index in [0.29, 0.717) is 5.92 Å². The zero-order valence-electron chi connectivity index (χ0n) is 9.96. The highest BCUT2D eigenvalue weighted by Crippen LogP contribution is 2.34. The van der Waals surface area contributed by atoms with Gasteiger partial charge in [0.2, 0.25) is 0 Å².